The van der Waals surface area contributed by atoms with E-state index in [-0.39, 0.29) is 24.7 Å². The Labute approximate surface area is 102 Å². The number of benzene rings is 1. The van der Waals surface area contributed by atoms with Gasteiger partial charge in [0.05, 0.1) is 12.3 Å². The SMILES string of the molecule is CCOC(=O)C(F)(F)c1ccc(N)c(F)c1.Cl. The summed E-state index contributed by atoms with van der Waals surface area (Å²) in [5.74, 6) is -6.58. The maximum absolute atomic E-state index is 13.4. The van der Waals surface area contributed by atoms with Gasteiger partial charge in [0, 0.05) is 5.56 Å². The molecule has 1 aromatic rings. The third-order valence-electron chi connectivity index (χ3n) is 1.89. The summed E-state index contributed by atoms with van der Waals surface area (Å²) in [5.41, 5.74) is 4.09. The normalized spacial score (nSPS) is 10.6. The number of hydrogen-bond acceptors (Lipinski definition) is 3. The number of alkyl halides is 2. The average molecular weight is 270 g/mol. The Morgan fingerprint density at radius 2 is 2.06 bits per heavy atom. The number of carbonyl (C=O) groups is 1. The molecular weight excluding hydrogens is 259 g/mol. The molecule has 0 aliphatic carbocycles. The molecule has 0 aliphatic rings. The number of anilines is 1. The van der Waals surface area contributed by atoms with Crippen molar-refractivity contribution in [2.45, 2.75) is 12.8 Å². The van der Waals surface area contributed by atoms with Gasteiger partial charge in [0.25, 0.3) is 0 Å². The molecule has 0 aromatic heterocycles. The zero-order chi connectivity index (χ0) is 12.3. The summed E-state index contributed by atoms with van der Waals surface area (Å²) in [7, 11) is 0. The van der Waals surface area contributed by atoms with Crippen LogP contribution >= 0.6 is 12.4 Å². The van der Waals surface area contributed by atoms with Gasteiger partial charge in [-0.15, -0.1) is 12.4 Å². The molecule has 7 heteroatoms. The van der Waals surface area contributed by atoms with Crippen LogP contribution in [-0.4, -0.2) is 12.6 Å². The lowest BCUT2D eigenvalue weighted by molar-refractivity contribution is -0.173. The maximum Gasteiger partial charge on any atom is 0.381 e. The lowest BCUT2D eigenvalue weighted by Crippen LogP contribution is -2.28. The van der Waals surface area contributed by atoms with Crippen molar-refractivity contribution in [1.82, 2.24) is 0 Å². The standard InChI is InChI=1S/C10H10F3NO2.ClH/c1-2-16-9(15)10(12,13)6-3-4-8(14)7(11)5-6;/h3-5H,2,14H2,1H3;1H. The van der Waals surface area contributed by atoms with Gasteiger partial charge in [0.1, 0.15) is 5.82 Å². The highest BCUT2D eigenvalue weighted by molar-refractivity contribution is 5.85. The van der Waals surface area contributed by atoms with Crippen molar-refractivity contribution in [3.63, 3.8) is 0 Å². The molecule has 1 aromatic carbocycles. The molecule has 1 rings (SSSR count). The minimum absolute atomic E-state index is 0. The summed E-state index contributed by atoms with van der Waals surface area (Å²) in [6.07, 6.45) is 0. The van der Waals surface area contributed by atoms with Crippen molar-refractivity contribution in [1.29, 1.82) is 0 Å². The Kier molecular flexibility index (Phi) is 5.28. The molecule has 0 unspecified atom stereocenters. The van der Waals surface area contributed by atoms with Gasteiger partial charge in [-0.25, -0.2) is 9.18 Å². The van der Waals surface area contributed by atoms with Crippen molar-refractivity contribution in [2.24, 2.45) is 0 Å². The van der Waals surface area contributed by atoms with Gasteiger partial charge >= 0.3 is 11.9 Å². The average Bonchev–Trinajstić information content (AvgIpc) is 2.22. The lowest BCUT2D eigenvalue weighted by Gasteiger charge is -2.15. The molecule has 17 heavy (non-hydrogen) atoms. The largest absolute Gasteiger partial charge is 0.461 e. The molecule has 0 bridgehead atoms. The van der Waals surface area contributed by atoms with Gasteiger partial charge in [-0.05, 0) is 19.1 Å². The Bertz CT molecular complexity index is 413. The van der Waals surface area contributed by atoms with Crippen LogP contribution in [0.4, 0.5) is 18.9 Å². The minimum atomic E-state index is -3.87. The predicted octanol–water partition coefficient (Wildman–Crippen LogP) is 2.48. The van der Waals surface area contributed by atoms with E-state index in [1.165, 1.54) is 6.92 Å². The first-order valence-corrected chi connectivity index (χ1v) is 4.50. The fourth-order valence-corrected chi connectivity index (χ4v) is 1.06. The molecule has 0 radical (unpaired) electrons. The van der Waals surface area contributed by atoms with Crippen LogP contribution in [0.25, 0.3) is 0 Å². The molecule has 0 amide bonds. The highest BCUT2D eigenvalue weighted by atomic mass is 35.5. The van der Waals surface area contributed by atoms with Crippen LogP contribution in [0, 0.1) is 5.82 Å². The summed E-state index contributed by atoms with van der Waals surface area (Å²) >= 11 is 0. The highest BCUT2D eigenvalue weighted by Gasteiger charge is 2.42. The zero-order valence-corrected chi connectivity index (χ0v) is 9.69. The van der Waals surface area contributed by atoms with Gasteiger partial charge in [-0.1, -0.05) is 6.07 Å². The van der Waals surface area contributed by atoms with E-state index in [1.54, 1.807) is 0 Å². The fraction of sp³-hybridized carbons (Fsp3) is 0.300. The number of rotatable bonds is 3. The molecule has 0 spiro atoms. The third-order valence-corrected chi connectivity index (χ3v) is 1.89. The molecule has 3 nitrogen and oxygen atoms in total. The first-order chi connectivity index (χ1) is 7.39. The van der Waals surface area contributed by atoms with E-state index in [0.29, 0.717) is 6.07 Å². The Balaban J connectivity index is 0.00000256. The van der Waals surface area contributed by atoms with Crippen molar-refractivity contribution in [3.8, 4) is 0 Å². The number of halogens is 4. The molecule has 0 heterocycles. The van der Waals surface area contributed by atoms with Crippen LogP contribution in [0.2, 0.25) is 0 Å². The van der Waals surface area contributed by atoms with Crippen LogP contribution in [0.3, 0.4) is 0 Å². The van der Waals surface area contributed by atoms with E-state index in [2.05, 4.69) is 4.74 Å². The minimum Gasteiger partial charge on any atom is -0.461 e. The van der Waals surface area contributed by atoms with E-state index < -0.39 is 23.3 Å². The zero-order valence-electron chi connectivity index (χ0n) is 8.88. The van der Waals surface area contributed by atoms with Gasteiger partial charge in [-0.2, -0.15) is 8.78 Å². The van der Waals surface area contributed by atoms with E-state index in [4.69, 9.17) is 5.73 Å². The lowest BCUT2D eigenvalue weighted by atomic mass is 10.1. The van der Waals surface area contributed by atoms with Crippen LogP contribution in [0.1, 0.15) is 12.5 Å². The fourth-order valence-electron chi connectivity index (χ4n) is 1.06. The Morgan fingerprint density at radius 3 is 2.53 bits per heavy atom. The molecule has 0 saturated carbocycles. The van der Waals surface area contributed by atoms with Gasteiger partial charge in [-0.3, -0.25) is 0 Å². The molecule has 0 atom stereocenters. The van der Waals surface area contributed by atoms with Gasteiger partial charge in [0.2, 0.25) is 0 Å². The van der Waals surface area contributed by atoms with Crippen molar-refractivity contribution < 1.29 is 22.7 Å². The highest BCUT2D eigenvalue weighted by Crippen LogP contribution is 2.30. The Hall–Kier alpha value is -1.43. The topological polar surface area (TPSA) is 52.3 Å². The second-order valence-corrected chi connectivity index (χ2v) is 3.03. The van der Waals surface area contributed by atoms with Crippen LogP contribution in [0.15, 0.2) is 18.2 Å². The van der Waals surface area contributed by atoms with E-state index >= 15 is 0 Å². The first-order valence-electron chi connectivity index (χ1n) is 4.50. The van der Waals surface area contributed by atoms with Crippen molar-refractivity contribution >= 4 is 24.1 Å². The molecule has 96 valence electrons. The van der Waals surface area contributed by atoms with Crippen LogP contribution in [-0.2, 0) is 15.5 Å². The predicted molar refractivity (Wildman–Crippen MR) is 58.6 cm³/mol. The van der Waals surface area contributed by atoms with E-state index in [1.807, 2.05) is 0 Å². The number of esters is 1. The summed E-state index contributed by atoms with van der Waals surface area (Å²) in [5, 5.41) is 0. The molecule has 2 N–H and O–H groups in total. The molecule has 0 fully saturated rings. The monoisotopic (exact) mass is 269 g/mol. The Morgan fingerprint density at radius 1 is 1.47 bits per heavy atom. The van der Waals surface area contributed by atoms with Crippen LogP contribution in [0.5, 0.6) is 0 Å². The van der Waals surface area contributed by atoms with Gasteiger partial charge in [0.15, 0.2) is 0 Å². The summed E-state index contributed by atoms with van der Waals surface area (Å²) in [6.45, 7) is 1.23. The van der Waals surface area contributed by atoms with E-state index in [9.17, 15) is 18.0 Å². The first kappa shape index (κ1) is 15.6. The quantitative estimate of drug-likeness (QED) is 0.677. The number of hydrogen-bond donors (Lipinski definition) is 1. The summed E-state index contributed by atoms with van der Waals surface area (Å²) in [6, 6.07) is 2.37. The smallest absolute Gasteiger partial charge is 0.381 e. The third kappa shape index (κ3) is 3.26. The molecular formula is C10H11ClF3NO2. The number of nitrogen functional groups attached to an aromatic ring is 1. The second kappa shape index (κ2) is 5.77. The number of nitrogens with two attached hydrogens (primary N) is 1. The van der Waals surface area contributed by atoms with Gasteiger partial charge < -0.3 is 10.5 Å². The summed E-state index contributed by atoms with van der Waals surface area (Å²) in [4.78, 5) is 10.9. The van der Waals surface area contributed by atoms with E-state index in [0.717, 1.165) is 12.1 Å². The maximum atomic E-state index is 13.4. The molecule has 0 saturated heterocycles. The second-order valence-electron chi connectivity index (χ2n) is 3.03. The van der Waals surface area contributed by atoms with Crippen molar-refractivity contribution in [2.75, 3.05) is 12.3 Å². The van der Waals surface area contributed by atoms with Crippen molar-refractivity contribution in [3.05, 3.63) is 29.6 Å². The van der Waals surface area contributed by atoms with Crippen LogP contribution < -0.4 is 5.73 Å². The number of ether oxygens (including phenoxy) is 1. The molecule has 0 aliphatic heterocycles. The summed E-state index contributed by atoms with van der Waals surface area (Å²) < 4.78 is 43.9. The number of carbonyl (C=O) groups excluding carboxylic acids is 1.